The molecule has 0 aromatic heterocycles. The van der Waals surface area contributed by atoms with E-state index in [1.54, 1.807) is 19.1 Å². The van der Waals surface area contributed by atoms with Gasteiger partial charge in [-0.05, 0) is 31.2 Å². The summed E-state index contributed by atoms with van der Waals surface area (Å²) in [4.78, 5) is 13.3. The van der Waals surface area contributed by atoms with E-state index < -0.39 is 32.6 Å². The first-order valence-electron chi connectivity index (χ1n) is 8.85. The number of amides is 1. The van der Waals surface area contributed by atoms with E-state index in [-0.39, 0.29) is 32.1 Å². The van der Waals surface area contributed by atoms with Gasteiger partial charge < -0.3 is 5.32 Å². The van der Waals surface area contributed by atoms with Crippen LogP contribution >= 0.6 is 0 Å². The minimum Gasteiger partial charge on any atom is -0.325 e. The van der Waals surface area contributed by atoms with Crippen LogP contribution < -0.4 is 5.32 Å². The van der Waals surface area contributed by atoms with Crippen molar-refractivity contribution < 1.29 is 22.0 Å². The Morgan fingerprint density at radius 3 is 2.11 bits per heavy atom. The number of nitrogens with one attached hydrogen (secondary N) is 1. The second-order valence-electron chi connectivity index (χ2n) is 6.52. The fourth-order valence-electron chi connectivity index (χ4n) is 3.12. The summed E-state index contributed by atoms with van der Waals surface area (Å²) in [5, 5.41) is 2.81. The van der Waals surface area contributed by atoms with Crippen molar-refractivity contribution in [2.75, 3.05) is 31.5 Å². The van der Waals surface area contributed by atoms with Crippen LogP contribution in [0.3, 0.4) is 0 Å². The molecule has 3 rings (SSSR count). The van der Waals surface area contributed by atoms with Crippen molar-refractivity contribution in [3.05, 3.63) is 60.2 Å². The third kappa shape index (κ3) is 4.21. The van der Waals surface area contributed by atoms with Crippen LogP contribution in [0.25, 0.3) is 0 Å². The number of anilines is 1. The topological polar surface area (TPSA) is 69.7 Å². The van der Waals surface area contributed by atoms with Crippen molar-refractivity contribution in [2.24, 2.45) is 0 Å². The van der Waals surface area contributed by atoms with Crippen LogP contribution in [0.15, 0.2) is 53.4 Å². The lowest BCUT2D eigenvalue weighted by Gasteiger charge is -2.36. The number of carbonyl (C=O) groups excluding carboxylic acids is 1. The molecule has 0 radical (unpaired) electrons. The van der Waals surface area contributed by atoms with Crippen LogP contribution in [0.2, 0.25) is 0 Å². The molecule has 1 N–H and O–H groups in total. The Hall–Kier alpha value is -2.36. The quantitative estimate of drug-likeness (QED) is 0.823. The van der Waals surface area contributed by atoms with Crippen LogP contribution in [0, 0.1) is 11.6 Å². The summed E-state index contributed by atoms with van der Waals surface area (Å²) in [7, 11) is -4.29. The Kier molecular flexibility index (Phi) is 6.07. The zero-order chi connectivity index (χ0) is 20.3. The van der Waals surface area contributed by atoms with Gasteiger partial charge in [-0.2, -0.15) is 4.31 Å². The number of halogens is 2. The molecule has 1 aliphatic rings. The Bertz CT molecular complexity index is 926. The monoisotopic (exact) mass is 409 g/mol. The molecule has 1 aliphatic heterocycles. The molecule has 0 unspecified atom stereocenters. The Labute approximate surface area is 162 Å². The maximum Gasteiger partial charge on any atom is 0.249 e. The van der Waals surface area contributed by atoms with Crippen molar-refractivity contribution in [3.8, 4) is 0 Å². The predicted octanol–water partition coefficient (Wildman–Crippen LogP) is 2.30. The minimum atomic E-state index is -4.29. The highest BCUT2D eigenvalue weighted by Gasteiger charge is 2.35. The number of para-hydroxylation sites is 1. The van der Waals surface area contributed by atoms with Crippen LogP contribution in [-0.4, -0.2) is 55.8 Å². The molecule has 9 heteroatoms. The van der Waals surface area contributed by atoms with Gasteiger partial charge in [-0.25, -0.2) is 17.2 Å². The number of nitrogens with zero attached hydrogens (tertiary/aromatic N) is 2. The lowest BCUT2D eigenvalue weighted by molar-refractivity contribution is -0.121. The van der Waals surface area contributed by atoms with Crippen molar-refractivity contribution in [2.45, 2.75) is 17.9 Å². The first kappa shape index (κ1) is 20.4. The van der Waals surface area contributed by atoms with Crippen molar-refractivity contribution >= 4 is 21.6 Å². The molecule has 150 valence electrons. The van der Waals surface area contributed by atoms with Gasteiger partial charge in [0.2, 0.25) is 15.9 Å². The molecule has 0 saturated carbocycles. The molecule has 1 heterocycles. The maximum absolute atomic E-state index is 13.9. The molecule has 0 aliphatic carbocycles. The molecule has 1 atom stereocenters. The van der Waals surface area contributed by atoms with Crippen LogP contribution in [-0.2, 0) is 14.8 Å². The predicted molar refractivity (Wildman–Crippen MR) is 101 cm³/mol. The Balaban J connectivity index is 1.64. The molecule has 0 bridgehead atoms. The molecule has 1 fully saturated rings. The molecule has 1 saturated heterocycles. The summed E-state index contributed by atoms with van der Waals surface area (Å²) in [5.74, 6) is -2.43. The van der Waals surface area contributed by atoms with E-state index in [1.165, 1.54) is 0 Å². The minimum absolute atomic E-state index is 0.0407. The third-order valence-corrected chi connectivity index (χ3v) is 6.71. The highest BCUT2D eigenvalue weighted by molar-refractivity contribution is 7.89. The van der Waals surface area contributed by atoms with E-state index in [9.17, 15) is 22.0 Å². The number of hydrogen-bond donors (Lipinski definition) is 1. The molecule has 1 amide bonds. The number of carbonyl (C=O) groups is 1. The fourth-order valence-corrected chi connectivity index (χ4v) is 4.65. The van der Waals surface area contributed by atoms with E-state index >= 15 is 0 Å². The van der Waals surface area contributed by atoms with E-state index in [2.05, 4.69) is 5.32 Å². The summed E-state index contributed by atoms with van der Waals surface area (Å²) in [5.41, 5.74) is 0.676. The van der Waals surface area contributed by atoms with Gasteiger partial charge in [-0.3, -0.25) is 9.69 Å². The van der Waals surface area contributed by atoms with Crippen molar-refractivity contribution in [1.29, 1.82) is 0 Å². The first-order valence-corrected chi connectivity index (χ1v) is 10.3. The zero-order valence-corrected chi connectivity index (χ0v) is 16.1. The van der Waals surface area contributed by atoms with Gasteiger partial charge >= 0.3 is 0 Å². The third-order valence-electron chi connectivity index (χ3n) is 4.76. The molecule has 2 aromatic rings. The van der Waals surface area contributed by atoms with Crippen molar-refractivity contribution in [3.63, 3.8) is 0 Å². The highest BCUT2D eigenvalue weighted by Crippen LogP contribution is 2.24. The molecule has 6 nitrogen and oxygen atoms in total. The lowest BCUT2D eigenvalue weighted by atomic mass is 10.2. The summed E-state index contributed by atoms with van der Waals surface area (Å²) in [6.45, 7) is 2.37. The van der Waals surface area contributed by atoms with Gasteiger partial charge in [0.15, 0.2) is 4.90 Å². The smallest absolute Gasteiger partial charge is 0.249 e. The lowest BCUT2D eigenvalue weighted by Crippen LogP contribution is -2.54. The molecule has 0 spiro atoms. The van der Waals surface area contributed by atoms with Gasteiger partial charge in [-0.1, -0.05) is 24.3 Å². The Morgan fingerprint density at radius 2 is 1.54 bits per heavy atom. The van der Waals surface area contributed by atoms with Gasteiger partial charge in [0.05, 0.1) is 6.04 Å². The fraction of sp³-hybridized carbons (Fsp3) is 0.316. The normalized spacial score (nSPS) is 17.2. The summed E-state index contributed by atoms with van der Waals surface area (Å²) in [6, 6.07) is 11.5. The second-order valence-corrected chi connectivity index (χ2v) is 8.40. The summed E-state index contributed by atoms with van der Waals surface area (Å²) >= 11 is 0. The number of hydrogen-bond acceptors (Lipinski definition) is 4. The van der Waals surface area contributed by atoms with Gasteiger partial charge in [0, 0.05) is 31.9 Å². The number of sulfonamides is 1. The summed E-state index contributed by atoms with van der Waals surface area (Å²) in [6.07, 6.45) is 0. The van der Waals surface area contributed by atoms with E-state index in [0.29, 0.717) is 5.69 Å². The highest BCUT2D eigenvalue weighted by atomic mass is 32.2. The zero-order valence-electron chi connectivity index (χ0n) is 15.3. The van der Waals surface area contributed by atoms with Crippen LogP contribution in [0.1, 0.15) is 6.92 Å². The molecular weight excluding hydrogens is 388 g/mol. The first-order chi connectivity index (χ1) is 13.3. The second kappa shape index (κ2) is 8.34. The van der Waals surface area contributed by atoms with Gasteiger partial charge in [0.1, 0.15) is 11.6 Å². The Morgan fingerprint density at radius 1 is 0.964 bits per heavy atom. The SMILES string of the molecule is C[C@@H](C(=O)Nc1ccccc1)N1CCN(S(=O)(=O)c2c(F)cccc2F)CC1. The molecule has 28 heavy (non-hydrogen) atoms. The van der Waals surface area contributed by atoms with Crippen LogP contribution in [0.5, 0.6) is 0 Å². The number of rotatable bonds is 5. The van der Waals surface area contributed by atoms with E-state index in [4.69, 9.17) is 0 Å². The average Bonchev–Trinajstić information content (AvgIpc) is 2.68. The maximum atomic E-state index is 13.9. The molecule has 2 aromatic carbocycles. The largest absolute Gasteiger partial charge is 0.325 e. The average molecular weight is 409 g/mol. The summed E-state index contributed by atoms with van der Waals surface area (Å²) < 4.78 is 54.1. The van der Waals surface area contributed by atoms with Gasteiger partial charge in [-0.15, -0.1) is 0 Å². The standard InChI is InChI=1S/C19H21F2N3O3S/c1-14(19(25)22-15-6-3-2-4-7-15)23-10-12-24(13-11-23)28(26,27)18-16(20)8-5-9-17(18)21/h2-9,14H,10-13H2,1H3,(H,22,25)/t14-/m0/s1. The number of benzene rings is 2. The van der Waals surface area contributed by atoms with Crippen molar-refractivity contribution in [1.82, 2.24) is 9.21 Å². The van der Waals surface area contributed by atoms with Crippen LogP contribution in [0.4, 0.5) is 14.5 Å². The van der Waals surface area contributed by atoms with E-state index in [0.717, 1.165) is 22.5 Å². The number of piperazine rings is 1. The van der Waals surface area contributed by atoms with E-state index in [1.807, 2.05) is 23.1 Å². The molecular formula is C19H21F2N3O3S. The van der Waals surface area contributed by atoms with Gasteiger partial charge in [0.25, 0.3) is 0 Å².